The molecular weight excluding hydrogens is 312 g/mol. The summed E-state index contributed by atoms with van der Waals surface area (Å²) in [6.07, 6.45) is 3.43. The van der Waals surface area contributed by atoms with E-state index in [0.717, 1.165) is 50.6 Å². The average molecular weight is 337 g/mol. The average Bonchev–Trinajstić information content (AvgIpc) is 2.69. The second-order valence-corrected chi connectivity index (χ2v) is 6.56. The van der Waals surface area contributed by atoms with Crippen LogP contribution in [-0.2, 0) is 0 Å². The van der Waals surface area contributed by atoms with Crippen molar-refractivity contribution in [2.75, 3.05) is 50.8 Å². The lowest BCUT2D eigenvalue weighted by Gasteiger charge is -2.36. The normalized spacial score (nSPS) is 17.5. The molecular formula is C21H25N2O2. The van der Waals surface area contributed by atoms with E-state index >= 15 is 0 Å². The van der Waals surface area contributed by atoms with Crippen LogP contribution >= 0.6 is 0 Å². The lowest BCUT2D eigenvalue weighted by atomic mass is 10.1. The molecule has 0 aromatic heterocycles. The highest BCUT2D eigenvalue weighted by Gasteiger charge is 2.19. The van der Waals surface area contributed by atoms with Gasteiger partial charge in [0, 0.05) is 37.9 Å². The van der Waals surface area contributed by atoms with Gasteiger partial charge in [0.1, 0.15) is 13.2 Å². The van der Waals surface area contributed by atoms with E-state index in [1.165, 1.54) is 11.3 Å². The van der Waals surface area contributed by atoms with Crippen LogP contribution in [0.15, 0.2) is 48.5 Å². The highest BCUT2D eigenvalue weighted by molar-refractivity contribution is 5.57. The van der Waals surface area contributed by atoms with Crippen molar-refractivity contribution in [1.29, 1.82) is 0 Å². The van der Waals surface area contributed by atoms with Crippen molar-refractivity contribution in [3.05, 3.63) is 60.5 Å². The molecule has 4 heteroatoms. The monoisotopic (exact) mass is 337 g/mol. The second-order valence-electron chi connectivity index (χ2n) is 6.56. The van der Waals surface area contributed by atoms with Gasteiger partial charge < -0.3 is 14.4 Å². The number of benzene rings is 2. The molecule has 2 aromatic rings. The van der Waals surface area contributed by atoms with Crippen LogP contribution in [-0.4, -0.2) is 50.8 Å². The molecule has 0 amide bonds. The molecule has 0 atom stereocenters. The molecule has 1 saturated heterocycles. The predicted molar refractivity (Wildman–Crippen MR) is 101 cm³/mol. The first-order valence-corrected chi connectivity index (χ1v) is 9.14. The fraction of sp³-hybridized carbons (Fsp3) is 0.381. The summed E-state index contributed by atoms with van der Waals surface area (Å²) < 4.78 is 11.3. The zero-order chi connectivity index (χ0) is 16.9. The van der Waals surface area contributed by atoms with Crippen LogP contribution in [0.3, 0.4) is 0 Å². The Hall–Kier alpha value is -2.20. The summed E-state index contributed by atoms with van der Waals surface area (Å²) >= 11 is 0. The van der Waals surface area contributed by atoms with Crippen molar-refractivity contribution in [3.63, 3.8) is 0 Å². The van der Waals surface area contributed by atoms with Crippen molar-refractivity contribution in [1.82, 2.24) is 4.90 Å². The predicted octanol–water partition coefficient (Wildman–Crippen LogP) is 3.22. The van der Waals surface area contributed by atoms with E-state index in [2.05, 4.69) is 58.7 Å². The molecule has 0 spiro atoms. The molecule has 1 fully saturated rings. The first kappa shape index (κ1) is 16.3. The summed E-state index contributed by atoms with van der Waals surface area (Å²) in [5, 5.41) is 0. The third-order valence-electron chi connectivity index (χ3n) is 4.89. The number of fused-ring (bicyclic) bond motifs is 1. The van der Waals surface area contributed by atoms with Gasteiger partial charge in [0.05, 0.1) is 0 Å². The minimum atomic E-state index is 0.641. The van der Waals surface area contributed by atoms with Gasteiger partial charge in [0.25, 0.3) is 0 Å². The Kier molecular flexibility index (Phi) is 5.07. The Labute approximate surface area is 150 Å². The van der Waals surface area contributed by atoms with Crippen LogP contribution in [0.5, 0.6) is 11.5 Å². The quantitative estimate of drug-likeness (QED) is 0.836. The van der Waals surface area contributed by atoms with Crippen LogP contribution in [0, 0.1) is 6.42 Å². The standard InChI is InChI=1S/C21H25N2O2/c1-2-5-18(6-3-1)7-4-10-22-11-13-23(14-12-22)19-8-9-20-21(17-19)25-16-15-24-20/h1-3,5-9,17H,4,10-16H2. The molecule has 2 heterocycles. The third kappa shape index (κ3) is 4.07. The molecule has 2 aromatic carbocycles. The largest absolute Gasteiger partial charge is 0.486 e. The van der Waals surface area contributed by atoms with Crippen molar-refractivity contribution in [3.8, 4) is 11.5 Å². The highest BCUT2D eigenvalue weighted by Crippen LogP contribution is 2.34. The van der Waals surface area contributed by atoms with E-state index in [4.69, 9.17) is 9.47 Å². The van der Waals surface area contributed by atoms with Gasteiger partial charge in [0.2, 0.25) is 0 Å². The molecule has 1 radical (unpaired) electrons. The minimum Gasteiger partial charge on any atom is -0.486 e. The van der Waals surface area contributed by atoms with Crippen LogP contribution in [0.1, 0.15) is 12.0 Å². The summed E-state index contributed by atoms with van der Waals surface area (Å²) in [5.74, 6) is 1.74. The molecule has 2 aliphatic heterocycles. The lowest BCUT2D eigenvalue weighted by molar-refractivity contribution is 0.171. The molecule has 25 heavy (non-hydrogen) atoms. The first-order chi connectivity index (χ1) is 12.4. The van der Waals surface area contributed by atoms with Crippen molar-refractivity contribution in [2.24, 2.45) is 0 Å². The van der Waals surface area contributed by atoms with Gasteiger partial charge in [-0.05, 0) is 37.1 Å². The lowest BCUT2D eigenvalue weighted by Crippen LogP contribution is -2.46. The highest BCUT2D eigenvalue weighted by atomic mass is 16.6. The van der Waals surface area contributed by atoms with E-state index in [1.807, 2.05) is 6.07 Å². The zero-order valence-corrected chi connectivity index (χ0v) is 14.6. The van der Waals surface area contributed by atoms with Crippen LogP contribution < -0.4 is 14.4 Å². The van der Waals surface area contributed by atoms with Crippen LogP contribution in [0.25, 0.3) is 0 Å². The van der Waals surface area contributed by atoms with Gasteiger partial charge >= 0.3 is 0 Å². The summed E-state index contributed by atoms with van der Waals surface area (Å²) in [4.78, 5) is 4.99. The number of ether oxygens (including phenoxy) is 2. The zero-order valence-electron chi connectivity index (χ0n) is 14.6. The smallest absolute Gasteiger partial charge is 0.163 e. The number of nitrogens with zero attached hydrogens (tertiary/aromatic N) is 2. The Morgan fingerprint density at radius 3 is 2.40 bits per heavy atom. The summed E-state index contributed by atoms with van der Waals surface area (Å²) in [7, 11) is 0. The number of piperazine rings is 1. The molecule has 0 N–H and O–H groups in total. The number of hydrogen-bond acceptors (Lipinski definition) is 4. The third-order valence-corrected chi connectivity index (χ3v) is 4.89. The second kappa shape index (κ2) is 7.79. The first-order valence-electron chi connectivity index (χ1n) is 9.14. The van der Waals surface area contributed by atoms with Gasteiger partial charge in [-0.2, -0.15) is 0 Å². The fourth-order valence-electron chi connectivity index (χ4n) is 3.46. The Morgan fingerprint density at radius 1 is 0.840 bits per heavy atom. The topological polar surface area (TPSA) is 24.9 Å². The maximum absolute atomic E-state index is 5.70. The van der Waals surface area contributed by atoms with E-state index in [1.54, 1.807) is 0 Å². The fourth-order valence-corrected chi connectivity index (χ4v) is 3.46. The van der Waals surface area contributed by atoms with Crippen LogP contribution in [0.4, 0.5) is 5.69 Å². The maximum atomic E-state index is 5.70. The molecule has 0 unspecified atom stereocenters. The van der Waals surface area contributed by atoms with Crippen molar-refractivity contribution >= 4 is 5.69 Å². The number of rotatable bonds is 5. The van der Waals surface area contributed by atoms with E-state index < -0.39 is 0 Å². The molecule has 0 aliphatic carbocycles. The molecule has 2 aliphatic rings. The molecule has 0 saturated carbocycles. The SMILES string of the molecule is [CH](CCN1CCN(c2ccc3c(c2)OCCO3)CC1)c1ccccc1. The summed E-state index contributed by atoms with van der Waals surface area (Å²) in [6, 6.07) is 16.9. The van der Waals surface area contributed by atoms with Crippen molar-refractivity contribution < 1.29 is 9.47 Å². The van der Waals surface area contributed by atoms with E-state index in [9.17, 15) is 0 Å². The molecule has 131 valence electrons. The Morgan fingerprint density at radius 2 is 1.60 bits per heavy atom. The molecule has 0 bridgehead atoms. The summed E-state index contributed by atoms with van der Waals surface area (Å²) in [5.41, 5.74) is 2.55. The van der Waals surface area contributed by atoms with Gasteiger partial charge in [-0.15, -0.1) is 0 Å². The minimum absolute atomic E-state index is 0.641. The van der Waals surface area contributed by atoms with Gasteiger partial charge in [-0.25, -0.2) is 0 Å². The van der Waals surface area contributed by atoms with Gasteiger partial charge in [-0.1, -0.05) is 30.3 Å². The van der Waals surface area contributed by atoms with Crippen molar-refractivity contribution in [2.45, 2.75) is 6.42 Å². The Bertz CT molecular complexity index is 682. The van der Waals surface area contributed by atoms with E-state index in [-0.39, 0.29) is 0 Å². The Balaban J connectivity index is 1.25. The number of anilines is 1. The van der Waals surface area contributed by atoms with Gasteiger partial charge in [0.15, 0.2) is 11.5 Å². The maximum Gasteiger partial charge on any atom is 0.163 e. The van der Waals surface area contributed by atoms with Gasteiger partial charge in [-0.3, -0.25) is 4.90 Å². The summed E-state index contributed by atoms with van der Waals surface area (Å²) in [6.45, 7) is 6.75. The van der Waals surface area contributed by atoms with E-state index in [0.29, 0.717) is 13.2 Å². The number of hydrogen-bond donors (Lipinski definition) is 0. The molecule has 4 nitrogen and oxygen atoms in total. The van der Waals surface area contributed by atoms with Crippen LogP contribution in [0.2, 0.25) is 0 Å². The molecule has 4 rings (SSSR count).